The quantitative estimate of drug-likeness (QED) is 0.622. The third-order valence-corrected chi connectivity index (χ3v) is 3.06. The molecular weight excluding hydrogens is 240 g/mol. The summed E-state index contributed by atoms with van der Waals surface area (Å²) in [4.78, 5) is 5.52. The monoisotopic (exact) mass is 264 g/mol. The van der Waals surface area contributed by atoms with Gasteiger partial charge in [-0.05, 0) is 33.1 Å². The second-order valence-electron chi connectivity index (χ2n) is 3.90. The number of hydrogen-bond acceptors (Lipinski definition) is 2. The van der Waals surface area contributed by atoms with Gasteiger partial charge in [0, 0.05) is 17.9 Å². The molecule has 0 N–H and O–H groups in total. The molecule has 0 aliphatic rings. The highest BCUT2D eigenvalue weighted by atomic mass is 79.9. The summed E-state index contributed by atoms with van der Waals surface area (Å²) in [5, 5.41) is 0. The summed E-state index contributed by atoms with van der Waals surface area (Å²) in [5.41, 5.74) is 0. The van der Waals surface area contributed by atoms with Crippen molar-refractivity contribution in [3.05, 3.63) is 0 Å². The van der Waals surface area contributed by atoms with Crippen LogP contribution in [0.2, 0.25) is 0 Å². The van der Waals surface area contributed by atoms with Crippen LogP contribution in [-0.4, -0.2) is 54.4 Å². The van der Waals surface area contributed by atoms with Crippen molar-refractivity contribution in [1.82, 2.24) is 9.80 Å². The summed E-state index contributed by atoms with van der Waals surface area (Å²) in [7, 11) is 2.21. The molecule has 3 heteroatoms. The number of nitrogens with zero attached hydrogens (tertiary/aromatic N) is 2. The largest absolute Gasteiger partial charge is 0.305 e. The van der Waals surface area contributed by atoms with Crippen LogP contribution in [0.25, 0.3) is 0 Å². The third kappa shape index (κ3) is 7.77. The Kier molecular flexibility index (Phi) is 8.94. The smallest absolute Gasteiger partial charge is 0.0129 e. The fraction of sp³-hybridized carbons (Fsp3) is 1.00. The van der Waals surface area contributed by atoms with E-state index in [0.717, 1.165) is 0 Å². The second-order valence-corrected chi connectivity index (χ2v) is 5.46. The van der Waals surface area contributed by atoms with E-state index in [1.54, 1.807) is 0 Å². The fourth-order valence-electron chi connectivity index (χ4n) is 1.36. The van der Waals surface area contributed by atoms with E-state index in [1.807, 2.05) is 0 Å². The van der Waals surface area contributed by atoms with Gasteiger partial charge in [0.2, 0.25) is 0 Å². The highest BCUT2D eigenvalue weighted by Crippen LogP contribution is 2.03. The SMILES string of the molecule is CCN(CC)CCN(C)CCC(C)Br. The molecule has 0 bridgehead atoms. The lowest BCUT2D eigenvalue weighted by atomic mass is 10.3. The van der Waals surface area contributed by atoms with Gasteiger partial charge in [-0.25, -0.2) is 0 Å². The van der Waals surface area contributed by atoms with Gasteiger partial charge in [0.1, 0.15) is 0 Å². The summed E-state index contributed by atoms with van der Waals surface area (Å²) in [6.07, 6.45) is 1.23. The summed E-state index contributed by atoms with van der Waals surface area (Å²) in [5.74, 6) is 0. The maximum atomic E-state index is 3.57. The second kappa shape index (κ2) is 8.69. The Morgan fingerprint density at radius 3 is 2.07 bits per heavy atom. The van der Waals surface area contributed by atoms with Crippen LogP contribution >= 0.6 is 15.9 Å². The molecule has 0 aromatic carbocycles. The first-order valence-corrected chi connectivity index (χ1v) is 6.56. The number of likely N-dealkylation sites (N-methyl/N-ethyl adjacent to an activating group) is 2. The minimum Gasteiger partial charge on any atom is -0.305 e. The number of halogens is 1. The zero-order valence-corrected chi connectivity index (χ0v) is 11.7. The zero-order chi connectivity index (χ0) is 11.0. The van der Waals surface area contributed by atoms with Crippen molar-refractivity contribution in [1.29, 1.82) is 0 Å². The Hall–Kier alpha value is 0.400. The molecule has 0 saturated carbocycles. The average Bonchev–Trinajstić information content (AvgIpc) is 2.16. The van der Waals surface area contributed by atoms with Crippen molar-refractivity contribution in [3.63, 3.8) is 0 Å². The molecule has 14 heavy (non-hydrogen) atoms. The van der Waals surface area contributed by atoms with Crippen LogP contribution in [0.4, 0.5) is 0 Å². The van der Waals surface area contributed by atoms with Crippen LogP contribution in [0.1, 0.15) is 27.2 Å². The molecule has 0 rings (SSSR count). The minimum absolute atomic E-state index is 0.637. The number of rotatable bonds is 8. The van der Waals surface area contributed by atoms with Gasteiger partial charge in [-0.2, -0.15) is 0 Å². The molecule has 0 amide bonds. The van der Waals surface area contributed by atoms with E-state index < -0.39 is 0 Å². The fourth-order valence-corrected chi connectivity index (χ4v) is 1.57. The topological polar surface area (TPSA) is 6.48 Å². The Morgan fingerprint density at radius 2 is 1.64 bits per heavy atom. The number of alkyl halides is 1. The summed E-state index contributed by atoms with van der Waals surface area (Å²) in [6.45, 7) is 12.6. The highest BCUT2D eigenvalue weighted by molar-refractivity contribution is 9.09. The van der Waals surface area contributed by atoms with Crippen molar-refractivity contribution in [3.8, 4) is 0 Å². The molecule has 0 saturated heterocycles. The standard InChI is InChI=1S/C11H25BrN2/c1-5-14(6-2)10-9-13(4)8-7-11(3)12/h11H,5-10H2,1-4H3. The van der Waals surface area contributed by atoms with Crippen LogP contribution in [0.15, 0.2) is 0 Å². The molecule has 0 aromatic heterocycles. The maximum Gasteiger partial charge on any atom is 0.0129 e. The number of hydrogen-bond donors (Lipinski definition) is 0. The Morgan fingerprint density at radius 1 is 1.07 bits per heavy atom. The lowest BCUT2D eigenvalue weighted by molar-refractivity contribution is 0.239. The van der Waals surface area contributed by atoms with Crippen LogP contribution in [0.3, 0.4) is 0 Å². The predicted molar refractivity (Wildman–Crippen MR) is 68.3 cm³/mol. The lowest BCUT2D eigenvalue weighted by Crippen LogP contribution is -2.33. The Bertz CT molecular complexity index is 124. The zero-order valence-electron chi connectivity index (χ0n) is 10.1. The van der Waals surface area contributed by atoms with E-state index in [2.05, 4.69) is 53.5 Å². The van der Waals surface area contributed by atoms with Crippen LogP contribution in [0.5, 0.6) is 0 Å². The van der Waals surface area contributed by atoms with Gasteiger partial charge < -0.3 is 9.80 Å². The molecule has 0 heterocycles. The molecular formula is C11H25BrN2. The highest BCUT2D eigenvalue weighted by Gasteiger charge is 2.03. The summed E-state index contributed by atoms with van der Waals surface area (Å²) >= 11 is 3.57. The van der Waals surface area contributed by atoms with Crippen LogP contribution in [0, 0.1) is 0 Å². The van der Waals surface area contributed by atoms with Gasteiger partial charge in [-0.3, -0.25) is 0 Å². The van der Waals surface area contributed by atoms with Crippen LogP contribution in [-0.2, 0) is 0 Å². The molecule has 1 unspecified atom stereocenters. The van der Waals surface area contributed by atoms with E-state index in [1.165, 1.54) is 39.1 Å². The summed E-state index contributed by atoms with van der Waals surface area (Å²) in [6, 6.07) is 0. The van der Waals surface area contributed by atoms with Crippen molar-refractivity contribution in [2.24, 2.45) is 0 Å². The first-order chi connectivity index (χ1) is 6.60. The molecule has 0 aliphatic carbocycles. The van der Waals surface area contributed by atoms with E-state index in [0.29, 0.717) is 4.83 Å². The molecule has 0 spiro atoms. The molecule has 0 radical (unpaired) electrons. The van der Waals surface area contributed by atoms with Gasteiger partial charge in [-0.15, -0.1) is 0 Å². The van der Waals surface area contributed by atoms with Crippen molar-refractivity contribution in [2.75, 3.05) is 39.8 Å². The molecule has 2 nitrogen and oxygen atoms in total. The molecule has 1 atom stereocenters. The van der Waals surface area contributed by atoms with E-state index in [9.17, 15) is 0 Å². The average molecular weight is 265 g/mol. The predicted octanol–water partition coefficient (Wildman–Crippen LogP) is 2.43. The van der Waals surface area contributed by atoms with E-state index in [-0.39, 0.29) is 0 Å². The molecule has 86 valence electrons. The molecule has 0 aromatic rings. The van der Waals surface area contributed by atoms with Gasteiger partial charge in [0.05, 0.1) is 0 Å². The van der Waals surface area contributed by atoms with Gasteiger partial charge >= 0.3 is 0 Å². The van der Waals surface area contributed by atoms with Crippen LogP contribution < -0.4 is 0 Å². The Balaban J connectivity index is 3.46. The molecule has 0 fully saturated rings. The Labute approximate surface area is 97.8 Å². The van der Waals surface area contributed by atoms with Gasteiger partial charge in [0.25, 0.3) is 0 Å². The van der Waals surface area contributed by atoms with Crippen molar-refractivity contribution in [2.45, 2.75) is 32.0 Å². The first-order valence-electron chi connectivity index (χ1n) is 5.65. The maximum absolute atomic E-state index is 3.57. The van der Waals surface area contributed by atoms with E-state index >= 15 is 0 Å². The van der Waals surface area contributed by atoms with Gasteiger partial charge in [0.15, 0.2) is 0 Å². The summed E-state index contributed by atoms with van der Waals surface area (Å²) < 4.78 is 0. The van der Waals surface area contributed by atoms with Crippen molar-refractivity contribution >= 4 is 15.9 Å². The minimum atomic E-state index is 0.637. The van der Waals surface area contributed by atoms with Gasteiger partial charge in [-0.1, -0.05) is 36.7 Å². The van der Waals surface area contributed by atoms with Crippen molar-refractivity contribution < 1.29 is 0 Å². The molecule has 0 aliphatic heterocycles. The normalized spacial score (nSPS) is 13.9. The first kappa shape index (κ1) is 14.4. The van der Waals surface area contributed by atoms with E-state index in [4.69, 9.17) is 0 Å². The third-order valence-electron chi connectivity index (χ3n) is 2.60. The lowest BCUT2D eigenvalue weighted by Gasteiger charge is -2.23.